The van der Waals surface area contributed by atoms with Crippen molar-refractivity contribution < 1.29 is 38.2 Å². The van der Waals surface area contributed by atoms with Gasteiger partial charge >= 0.3 is 11.9 Å². The molecule has 1 rings (SSSR count). The molecule has 0 spiro atoms. The van der Waals surface area contributed by atoms with E-state index in [0.717, 1.165) is 18.7 Å². The quantitative estimate of drug-likeness (QED) is 0.425. The zero-order chi connectivity index (χ0) is 22.7. The zero-order valence-electron chi connectivity index (χ0n) is 17.4. The number of ketones is 1. The van der Waals surface area contributed by atoms with Gasteiger partial charge in [-0.05, 0) is 0 Å². The maximum atomic E-state index is 12.5. The van der Waals surface area contributed by atoms with Gasteiger partial charge < -0.3 is 20.1 Å². The largest absolute Gasteiger partial charge is 0.465 e. The van der Waals surface area contributed by atoms with Crippen LogP contribution in [0.5, 0.6) is 0 Å². The van der Waals surface area contributed by atoms with Crippen LogP contribution >= 0.6 is 11.8 Å². The van der Waals surface area contributed by atoms with Crippen LogP contribution in [0.1, 0.15) is 46.5 Å². The minimum atomic E-state index is -1.25. The second kappa shape index (κ2) is 12.3. The lowest BCUT2D eigenvalue weighted by molar-refractivity contribution is -0.167. The average molecular weight is 445 g/mol. The predicted octanol–water partition coefficient (Wildman–Crippen LogP) is 0.123. The molecule has 1 saturated heterocycles. The summed E-state index contributed by atoms with van der Waals surface area (Å²) in [7, 11) is 0. The molecule has 30 heavy (non-hydrogen) atoms. The fourth-order valence-corrected chi connectivity index (χ4v) is 3.22. The highest BCUT2D eigenvalue weighted by molar-refractivity contribution is 8.13. The summed E-state index contributed by atoms with van der Waals surface area (Å²) < 4.78 is 10.3. The van der Waals surface area contributed by atoms with Crippen molar-refractivity contribution in [3.8, 4) is 0 Å². The van der Waals surface area contributed by atoms with Gasteiger partial charge in [-0.2, -0.15) is 0 Å². The Morgan fingerprint density at radius 1 is 1.07 bits per heavy atom. The Morgan fingerprint density at radius 3 is 2.43 bits per heavy atom. The molecule has 2 N–H and O–H groups in total. The molecule has 1 aliphatic rings. The van der Waals surface area contributed by atoms with E-state index in [4.69, 9.17) is 9.47 Å². The molecule has 1 aliphatic heterocycles. The minimum absolute atomic E-state index is 0.00888. The fraction of sp³-hybridized carbons (Fsp3) is 0.684. The number of thioether (sulfide) groups is 1. The standard InChI is InChI=1S/C19H28N2O8S/c1-12(22)29-17-18(27)21-7-6-14(24)20-8-9-30-16(26)10-13(23)4-5-15(25)28-11-19(17,2)3/h17H,4-11H2,1-3H3,(H,20,24)(H,21,27)/t17-/m0/s1. The van der Waals surface area contributed by atoms with Crippen LogP contribution in [0, 0.1) is 5.41 Å². The summed E-state index contributed by atoms with van der Waals surface area (Å²) in [5, 5.41) is 4.82. The molecule has 0 aliphatic carbocycles. The van der Waals surface area contributed by atoms with E-state index in [9.17, 15) is 28.8 Å². The van der Waals surface area contributed by atoms with Gasteiger partial charge in [0.2, 0.25) is 5.91 Å². The van der Waals surface area contributed by atoms with E-state index in [1.54, 1.807) is 13.8 Å². The van der Waals surface area contributed by atoms with Crippen LogP contribution in [0.3, 0.4) is 0 Å². The first-order valence-electron chi connectivity index (χ1n) is 9.56. The first kappa shape index (κ1) is 25.6. The van der Waals surface area contributed by atoms with Crippen LogP contribution in [-0.2, 0) is 38.2 Å². The molecule has 0 aromatic rings. The molecule has 0 radical (unpaired) electrons. The number of hydrogen-bond donors (Lipinski definition) is 2. The van der Waals surface area contributed by atoms with Gasteiger partial charge in [-0.25, -0.2) is 0 Å². The molecule has 1 heterocycles. The first-order chi connectivity index (χ1) is 14.0. The summed E-state index contributed by atoms with van der Waals surface area (Å²) in [4.78, 5) is 71.4. The monoisotopic (exact) mass is 444 g/mol. The molecular formula is C19H28N2O8S. The molecule has 0 aromatic carbocycles. The molecule has 1 fully saturated rings. The summed E-state index contributed by atoms with van der Waals surface area (Å²) in [6.07, 6.45) is -1.90. The second-order valence-corrected chi connectivity index (χ2v) is 8.62. The highest BCUT2D eigenvalue weighted by Gasteiger charge is 2.39. The molecule has 0 bridgehead atoms. The third-order valence-corrected chi connectivity index (χ3v) is 5.00. The van der Waals surface area contributed by atoms with Gasteiger partial charge in [0, 0.05) is 44.0 Å². The van der Waals surface area contributed by atoms with Crippen LogP contribution in [-0.4, -0.2) is 66.2 Å². The highest BCUT2D eigenvalue weighted by Crippen LogP contribution is 2.25. The molecule has 11 heteroatoms. The van der Waals surface area contributed by atoms with E-state index in [1.807, 2.05) is 0 Å². The number of nitrogens with one attached hydrogen (secondary N) is 2. The molecule has 168 valence electrons. The average Bonchev–Trinajstić information content (AvgIpc) is 2.65. The van der Waals surface area contributed by atoms with Crippen molar-refractivity contribution in [3.63, 3.8) is 0 Å². The smallest absolute Gasteiger partial charge is 0.306 e. The third-order valence-electron chi connectivity index (χ3n) is 4.12. The summed E-state index contributed by atoms with van der Waals surface area (Å²) in [6, 6.07) is 0. The van der Waals surface area contributed by atoms with E-state index in [1.165, 1.54) is 0 Å². The van der Waals surface area contributed by atoms with Gasteiger partial charge in [0.15, 0.2) is 11.2 Å². The summed E-state index contributed by atoms with van der Waals surface area (Å²) in [6.45, 7) is 4.34. The molecule has 1 atom stereocenters. The minimum Gasteiger partial charge on any atom is -0.465 e. The topological polar surface area (TPSA) is 145 Å². The van der Waals surface area contributed by atoms with E-state index in [0.29, 0.717) is 5.75 Å². The van der Waals surface area contributed by atoms with Crippen molar-refractivity contribution in [1.29, 1.82) is 0 Å². The Balaban J connectivity index is 2.88. The molecule has 10 nitrogen and oxygen atoms in total. The Hall–Kier alpha value is -2.43. The first-order valence-corrected chi connectivity index (χ1v) is 10.5. The van der Waals surface area contributed by atoms with Crippen molar-refractivity contribution in [2.75, 3.05) is 25.4 Å². The van der Waals surface area contributed by atoms with Gasteiger partial charge in [-0.3, -0.25) is 28.8 Å². The summed E-state index contributed by atoms with van der Waals surface area (Å²) >= 11 is 0.927. The lowest BCUT2D eigenvalue weighted by Gasteiger charge is -2.32. The number of rotatable bonds is 1. The number of esters is 2. The molecular weight excluding hydrogens is 416 g/mol. The van der Waals surface area contributed by atoms with Crippen LogP contribution in [0.25, 0.3) is 0 Å². The van der Waals surface area contributed by atoms with E-state index < -0.39 is 29.4 Å². The SMILES string of the molecule is CC(=O)O[C@H]1C(=O)NCCC(=O)NCCSC(=O)CC(=O)CCC(=O)OCC1(C)C. The van der Waals surface area contributed by atoms with Gasteiger partial charge in [-0.15, -0.1) is 0 Å². The maximum Gasteiger partial charge on any atom is 0.306 e. The Morgan fingerprint density at radius 2 is 1.77 bits per heavy atom. The van der Waals surface area contributed by atoms with Crippen LogP contribution in [0.15, 0.2) is 0 Å². The normalized spacial score (nSPS) is 23.2. The van der Waals surface area contributed by atoms with Crippen LogP contribution in [0.2, 0.25) is 0 Å². The second-order valence-electron chi connectivity index (χ2n) is 7.47. The number of carbonyl (C=O) groups excluding carboxylic acids is 6. The van der Waals surface area contributed by atoms with Gasteiger partial charge in [0.25, 0.3) is 5.91 Å². The van der Waals surface area contributed by atoms with Crippen LogP contribution < -0.4 is 10.6 Å². The van der Waals surface area contributed by atoms with Crippen molar-refractivity contribution in [3.05, 3.63) is 0 Å². The summed E-state index contributed by atoms with van der Waals surface area (Å²) in [5.74, 6) is -2.37. The molecule has 2 amide bonds. The van der Waals surface area contributed by atoms with Crippen molar-refractivity contribution in [2.45, 2.75) is 52.6 Å². The van der Waals surface area contributed by atoms with Crippen molar-refractivity contribution >= 4 is 46.4 Å². The Bertz CT molecular complexity index is 692. The lowest BCUT2D eigenvalue weighted by atomic mass is 9.86. The molecule has 0 unspecified atom stereocenters. The van der Waals surface area contributed by atoms with E-state index in [-0.39, 0.29) is 62.2 Å². The number of cyclic esters (lactones) is 1. The fourth-order valence-electron chi connectivity index (χ4n) is 2.53. The maximum absolute atomic E-state index is 12.5. The number of hydrogen-bond acceptors (Lipinski definition) is 9. The Kier molecular flexibility index (Phi) is 10.5. The lowest BCUT2D eigenvalue weighted by Crippen LogP contribution is -2.49. The number of amides is 2. The van der Waals surface area contributed by atoms with E-state index in [2.05, 4.69) is 10.6 Å². The molecule has 0 aromatic heterocycles. The number of ether oxygens (including phenoxy) is 2. The Labute approximate surface area is 179 Å². The van der Waals surface area contributed by atoms with Crippen molar-refractivity contribution in [1.82, 2.24) is 10.6 Å². The third kappa shape index (κ3) is 9.86. The predicted molar refractivity (Wildman–Crippen MR) is 107 cm³/mol. The van der Waals surface area contributed by atoms with Gasteiger partial charge in [0.05, 0.1) is 12.8 Å². The van der Waals surface area contributed by atoms with Crippen LogP contribution in [0.4, 0.5) is 0 Å². The summed E-state index contributed by atoms with van der Waals surface area (Å²) in [5.41, 5.74) is -1.06. The van der Waals surface area contributed by atoms with Gasteiger partial charge in [-0.1, -0.05) is 25.6 Å². The number of carbonyl (C=O) groups is 6. The van der Waals surface area contributed by atoms with Crippen molar-refractivity contribution in [2.24, 2.45) is 5.41 Å². The zero-order valence-corrected chi connectivity index (χ0v) is 18.2. The highest BCUT2D eigenvalue weighted by atomic mass is 32.2. The van der Waals surface area contributed by atoms with E-state index >= 15 is 0 Å². The number of Topliss-reactive ketones (excluding diaryl/α,β-unsaturated/α-hetero) is 1. The van der Waals surface area contributed by atoms with Gasteiger partial charge in [0.1, 0.15) is 12.4 Å². The molecule has 0 saturated carbocycles.